The zero-order valence-corrected chi connectivity index (χ0v) is 12.2. The van der Waals surface area contributed by atoms with Crippen molar-refractivity contribution >= 4 is 29.0 Å². The van der Waals surface area contributed by atoms with Gasteiger partial charge in [0.2, 0.25) is 5.91 Å². The Kier molecular flexibility index (Phi) is 4.05. The smallest absolute Gasteiger partial charge is 0.341 e. The van der Waals surface area contributed by atoms with Crippen molar-refractivity contribution in [3.8, 4) is 5.75 Å². The fourth-order valence-corrected chi connectivity index (χ4v) is 2.33. The fraction of sp³-hybridized carbons (Fsp3) is 0.118. The van der Waals surface area contributed by atoms with Gasteiger partial charge in [0.05, 0.1) is 23.5 Å². The number of aliphatic carboxylic acids is 1. The summed E-state index contributed by atoms with van der Waals surface area (Å²) in [6, 6.07) is 14.2. The minimum absolute atomic E-state index is 0.0854. The van der Waals surface area contributed by atoms with Crippen LogP contribution in [0, 0.1) is 0 Å². The predicted molar refractivity (Wildman–Crippen MR) is 85.5 cm³/mol. The van der Waals surface area contributed by atoms with Gasteiger partial charge in [-0.15, -0.1) is 0 Å². The Morgan fingerprint density at radius 1 is 1.17 bits per heavy atom. The SMILES string of the molecule is O=C(O)COc1ccccc1C1=Nc2ccccc2NC(=O)C1. The summed E-state index contributed by atoms with van der Waals surface area (Å²) < 4.78 is 5.30. The number of anilines is 1. The molecule has 0 fully saturated rings. The summed E-state index contributed by atoms with van der Waals surface area (Å²) in [5.41, 5.74) is 2.45. The number of ether oxygens (including phenoxy) is 1. The highest BCUT2D eigenvalue weighted by Gasteiger charge is 2.19. The van der Waals surface area contributed by atoms with E-state index in [1.54, 1.807) is 30.3 Å². The van der Waals surface area contributed by atoms with E-state index in [9.17, 15) is 9.59 Å². The molecule has 3 rings (SSSR count). The number of amides is 1. The Labute approximate surface area is 132 Å². The molecule has 1 heterocycles. The van der Waals surface area contributed by atoms with Gasteiger partial charge in [-0.25, -0.2) is 9.79 Å². The van der Waals surface area contributed by atoms with Gasteiger partial charge in [0.15, 0.2) is 6.61 Å². The summed E-state index contributed by atoms with van der Waals surface area (Å²) in [5, 5.41) is 11.6. The molecule has 0 bridgehead atoms. The van der Waals surface area contributed by atoms with Gasteiger partial charge in [0.25, 0.3) is 0 Å². The minimum atomic E-state index is -1.06. The van der Waals surface area contributed by atoms with Crippen molar-refractivity contribution in [3.63, 3.8) is 0 Å². The van der Waals surface area contributed by atoms with Gasteiger partial charge in [0, 0.05) is 5.56 Å². The number of fused-ring (bicyclic) bond motifs is 1. The molecule has 1 aliphatic rings. The van der Waals surface area contributed by atoms with Crippen LogP contribution in [0.4, 0.5) is 11.4 Å². The molecule has 0 saturated heterocycles. The summed E-state index contributed by atoms with van der Waals surface area (Å²) in [5.74, 6) is -0.853. The first kappa shape index (κ1) is 14.8. The van der Waals surface area contributed by atoms with E-state index in [2.05, 4.69) is 10.3 Å². The Hall–Kier alpha value is -3.15. The van der Waals surface area contributed by atoms with Gasteiger partial charge in [-0.3, -0.25) is 4.79 Å². The molecule has 2 N–H and O–H groups in total. The third kappa shape index (κ3) is 3.37. The van der Waals surface area contributed by atoms with Crippen LogP contribution >= 0.6 is 0 Å². The molecule has 1 aliphatic heterocycles. The van der Waals surface area contributed by atoms with E-state index in [0.29, 0.717) is 28.4 Å². The number of rotatable bonds is 4. The number of benzene rings is 2. The molecule has 23 heavy (non-hydrogen) atoms. The van der Waals surface area contributed by atoms with Crippen LogP contribution in [0.3, 0.4) is 0 Å². The molecule has 0 saturated carbocycles. The Morgan fingerprint density at radius 3 is 2.74 bits per heavy atom. The number of hydrogen-bond donors (Lipinski definition) is 2. The lowest BCUT2D eigenvalue weighted by Crippen LogP contribution is -2.16. The molecule has 116 valence electrons. The first-order valence-electron chi connectivity index (χ1n) is 7.04. The van der Waals surface area contributed by atoms with E-state index in [-0.39, 0.29) is 12.3 Å². The Bertz CT molecular complexity index is 799. The standard InChI is InChI=1S/C17H14N2O4/c20-16-9-14(18-12-6-2-3-7-13(12)19-16)11-5-1-4-8-15(11)23-10-17(21)22/h1-8H,9-10H2,(H,19,20)(H,21,22). The van der Waals surface area contributed by atoms with Gasteiger partial charge in [-0.1, -0.05) is 24.3 Å². The fourth-order valence-electron chi connectivity index (χ4n) is 2.33. The second-order valence-corrected chi connectivity index (χ2v) is 4.98. The predicted octanol–water partition coefficient (Wildman–Crippen LogP) is 2.61. The maximum atomic E-state index is 12.1. The van der Waals surface area contributed by atoms with Crippen molar-refractivity contribution in [1.29, 1.82) is 0 Å². The second-order valence-electron chi connectivity index (χ2n) is 4.98. The lowest BCUT2D eigenvalue weighted by molar-refractivity contribution is -0.139. The number of carbonyl (C=O) groups is 2. The molecule has 6 heteroatoms. The topological polar surface area (TPSA) is 88.0 Å². The summed E-state index contributed by atoms with van der Waals surface area (Å²) in [7, 11) is 0. The number of carbonyl (C=O) groups excluding carboxylic acids is 1. The number of carboxylic acids is 1. The average Bonchev–Trinajstić information content (AvgIpc) is 2.71. The van der Waals surface area contributed by atoms with Crippen LogP contribution in [0.1, 0.15) is 12.0 Å². The molecular weight excluding hydrogens is 296 g/mol. The first-order chi connectivity index (χ1) is 11.1. The maximum Gasteiger partial charge on any atom is 0.341 e. The molecule has 0 spiro atoms. The molecule has 1 amide bonds. The highest BCUT2D eigenvalue weighted by Crippen LogP contribution is 2.30. The van der Waals surface area contributed by atoms with Gasteiger partial charge < -0.3 is 15.2 Å². The number of nitrogens with one attached hydrogen (secondary N) is 1. The lowest BCUT2D eigenvalue weighted by Gasteiger charge is -2.10. The Balaban J connectivity index is 2.02. The van der Waals surface area contributed by atoms with Crippen LogP contribution in [-0.4, -0.2) is 29.3 Å². The molecule has 2 aromatic rings. The minimum Gasteiger partial charge on any atom is -0.481 e. The van der Waals surface area contributed by atoms with E-state index in [0.717, 1.165) is 0 Å². The number of aliphatic imine (C=N–C) groups is 1. The molecular formula is C17H14N2O4. The van der Waals surface area contributed by atoms with Crippen molar-refractivity contribution in [2.45, 2.75) is 6.42 Å². The number of hydrogen-bond acceptors (Lipinski definition) is 4. The van der Waals surface area contributed by atoms with Crippen molar-refractivity contribution in [3.05, 3.63) is 54.1 Å². The molecule has 2 aromatic carbocycles. The third-order valence-electron chi connectivity index (χ3n) is 3.31. The van der Waals surface area contributed by atoms with Crippen molar-refractivity contribution in [1.82, 2.24) is 0 Å². The van der Waals surface area contributed by atoms with E-state index < -0.39 is 12.6 Å². The van der Waals surface area contributed by atoms with Gasteiger partial charge in [-0.2, -0.15) is 0 Å². The van der Waals surface area contributed by atoms with Crippen LogP contribution < -0.4 is 10.1 Å². The van der Waals surface area contributed by atoms with E-state index in [1.807, 2.05) is 18.2 Å². The third-order valence-corrected chi connectivity index (χ3v) is 3.31. The largest absolute Gasteiger partial charge is 0.481 e. The van der Waals surface area contributed by atoms with Crippen LogP contribution in [0.15, 0.2) is 53.5 Å². The van der Waals surface area contributed by atoms with E-state index in [1.165, 1.54) is 0 Å². The summed E-state index contributed by atoms with van der Waals surface area (Å²) in [6.45, 7) is -0.451. The lowest BCUT2D eigenvalue weighted by atomic mass is 10.1. The highest BCUT2D eigenvalue weighted by molar-refractivity contribution is 6.17. The number of carboxylic acid groups (broad SMARTS) is 1. The van der Waals surface area contributed by atoms with E-state index in [4.69, 9.17) is 9.84 Å². The second kappa shape index (κ2) is 6.31. The Morgan fingerprint density at radius 2 is 1.91 bits per heavy atom. The first-order valence-corrected chi connectivity index (χ1v) is 7.04. The molecule has 6 nitrogen and oxygen atoms in total. The van der Waals surface area contributed by atoms with Crippen LogP contribution in [0.2, 0.25) is 0 Å². The number of nitrogens with zero attached hydrogens (tertiary/aromatic N) is 1. The molecule has 0 unspecified atom stereocenters. The van der Waals surface area contributed by atoms with Crippen LogP contribution in [0.5, 0.6) is 5.75 Å². The molecule has 0 radical (unpaired) electrons. The zero-order valence-electron chi connectivity index (χ0n) is 12.2. The van der Waals surface area contributed by atoms with Crippen molar-refractivity contribution in [2.75, 3.05) is 11.9 Å². The van der Waals surface area contributed by atoms with Crippen LogP contribution in [0.25, 0.3) is 0 Å². The van der Waals surface area contributed by atoms with Crippen molar-refractivity contribution in [2.24, 2.45) is 4.99 Å². The average molecular weight is 310 g/mol. The summed E-state index contributed by atoms with van der Waals surface area (Å²) in [6.07, 6.45) is 0.0854. The normalized spacial score (nSPS) is 13.4. The van der Waals surface area contributed by atoms with Crippen molar-refractivity contribution < 1.29 is 19.4 Å². The van der Waals surface area contributed by atoms with Crippen LogP contribution in [-0.2, 0) is 9.59 Å². The zero-order chi connectivity index (χ0) is 16.2. The van der Waals surface area contributed by atoms with E-state index >= 15 is 0 Å². The maximum absolute atomic E-state index is 12.1. The summed E-state index contributed by atoms with van der Waals surface area (Å²) in [4.78, 5) is 27.3. The monoisotopic (exact) mass is 310 g/mol. The molecule has 0 aromatic heterocycles. The highest BCUT2D eigenvalue weighted by atomic mass is 16.5. The van der Waals surface area contributed by atoms with Gasteiger partial charge in [0.1, 0.15) is 5.75 Å². The van der Waals surface area contributed by atoms with Gasteiger partial charge in [-0.05, 0) is 24.3 Å². The number of para-hydroxylation sites is 3. The quantitative estimate of drug-likeness (QED) is 0.908. The summed E-state index contributed by atoms with van der Waals surface area (Å²) >= 11 is 0. The molecule has 0 atom stereocenters. The van der Waals surface area contributed by atoms with Gasteiger partial charge >= 0.3 is 5.97 Å². The molecule has 0 aliphatic carbocycles.